The standard InChI is InChI=1S/C9H5Cl3N2/c1-4-5(10)7(12)9-8(6(4)11)13-2-3-14-9/h2-3H,1H3. The van der Waals surface area contributed by atoms with Crippen molar-refractivity contribution in [3.05, 3.63) is 33.0 Å². The van der Waals surface area contributed by atoms with Crippen molar-refractivity contribution in [3.8, 4) is 0 Å². The first-order valence-corrected chi connectivity index (χ1v) is 5.00. The number of fused-ring (bicyclic) bond motifs is 1. The predicted molar refractivity (Wildman–Crippen MR) is 59.3 cm³/mol. The van der Waals surface area contributed by atoms with Gasteiger partial charge in [-0.25, -0.2) is 0 Å². The van der Waals surface area contributed by atoms with Gasteiger partial charge in [0.05, 0.1) is 15.1 Å². The first-order valence-electron chi connectivity index (χ1n) is 3.86. The van der Waals surface area contributed by atoms with Crippen LogP contribution in [0.25, 0.3) is 11.0 Å². The van der Waals surface area contributed by atoms with Crippen LogP contribution >= 0.6 is 34.8 Å². The van der Waals surface area contributed by atoms with Crippen molar-refractivity contribution in [3.63, 3.8) is 0 Å². The molecule has 0 aliphatic heterocycles. The highest BCUT2D eigenvalue weighted by atomic mass is 35.5. The number of rotatable bonds is 0. The highest BCUT2D eigenvalue weighted by Gasteiger charge is 2.14. The van der Waals surface area contributed by atoms with E-state index in [2.05, 4.69) is 9.97 Å². The molecule has 1 heterocycles. The predicted octanol–water partition coefficient (Wildman–Crippen LogP) is 3.90. The molecule has 0 atom stereocenters. The second-order valence-corrected chi connectivity index (χ2v) is 3.95. The molecule has 0 fully saturated rings. The molecule has 0 spiro atoms. The summed E-state index contributed by atoms with van der Waals surface area (Å²) in [5, 5.41) is 1.34. The topological polar surface area (TPSA) is 25.8 Å². The molecule has 0 N–H and O–H groups in total. The number of hydrogen-bond donors (Lipinski definition) is 0. The molecule has 0 amide bonds. The van der Waals surface area contributed by atoms with Gasteiger partial charge in [-0.05, 0) is 12.5 Å². The Morgan fingerprint density at radius 1 is 0.857 bits per heavy atom. The van der Waals surface area contributed by atoms with Crippen LogP contribution in [0.4, 0.5) is 0 Å². The van der Waals surface area contributed by atoms with E-state index in [1.165, 1.54) is 0 Å². The van der Waals surface area contributed by atoms with Crippen LogP contribution < -0.4 is 0 Å². The van der Waals surface area contributed by atoms with Gasteiger partial charge in [-0.15, -0.1) is 0 Å². The minimum Gasteiger partial charge on any atom is -0.251 e. The number of halogens is 3. The van der Waals surface area contributed by atoms with Gasteiger partial charge in [0.15, 0.2) is 0 Å². The van der Waals surface area contributed by atoms with Crippen molar-refractivity contribution in [2.45, 2.75) is 6.92 Å². The third-order valence-corrected chi connectivity index (χ3v) is 3.36. The van der Waals surface area contributed by atoms with E-state index in [4.69, 9.17) is 34.8 Å². The smallest absolute Gasteiger partial charge is 0.110 e. The van der Waals surface area contributed by atoms with Crippen LogP contribution in [-0.2, 0) is 0 Å². The first-order chi connectivity index (χ1) is 6.63. The lowest BCUT2D eigenvalue weighted by Crippen LogP contribution is -1.89. The van der Waals surface area contributed by atoms with Gasteiger partial charge in [-0.1, -0.05) is 34.8 Å². The molecule has 0 aliphatic carbocycles. The zero-order chi connectivity index (χ0) is 10.3. The first kappa shape index (κ1) is 9.97. The maximum atomic E-state index is 6.06. The van der Waals surface area contributed by atoms with Crippen LogP contribution in [0.2, 0.25) is 15.1 Å². The fourth-order valence-electron chi connectivity index (χ4n) is 1.20. The van der Waals surface area contributed by atoms with Crippen LogP contribution in [0.3, 0.4) is 0 Å². The van der Waals surface area contributed by atoms with Gasteiger partial charge < -0.3 is 0 Å². The van der Waals surface area contributed by atoms with E-state index in [9.17, 15) is 0 Å². The summed E-state index contributed by atoms with van der Waals surface area (Å²) in [5.41, 5.74) is 1.85. The Morgan fingerprint density at radius 2 is 1.36 bits per heavy atom. The lowest BCUT2D eigenvalue weighted by Gasteiger charge is -2.06. The van der Waals surface area contributed by atoms with Crippen LogP contribution in [0.15, 0.2) is 12.4 Å². The van der Waals surface area contributed by atoms with Gasteiger partial charge in [0, 0.05) is 12.4 Å². The number of nitrogens with zero attached hydrogens (tertiary/aromatic N) is 2. The largest absolute Gasteiger partial charge is 0.251 e. The lowest BCUT2D eigenvalue weighted by atomic mass is 10.2. The van der Waals surface area contributed by atoms with E-state index in [0.717, 1.165) is 5.56 Å². The molecule has 0 aliphatic rings. The second kappa shape index (κ2) is 3.54. The van der Waals surface area contributed by atoms with Crippen molar-refractivity contribution < 1.29 is 0 Å². The number of hydrogen-bond acceptors (Lipinski definition) is 2. The van der Waals surface area contributed by atoms with E-state index in [1.54, 1.807) is 19.3 Å². The lowest BCUT2D eigenvalue weighted by molar-refractivity contribution is 1.28. The highest BCUT2D eigenvalue weighted by Crippen LogP contribution is 2.37. The van der Waals surface area contributed by atoms with Crippen molar-refractivity contribution in [2.75, 3.05) is 0 Å². The summed E-state index contributed by atoms with van der Waals surface area (Å²) in [4.78, 5) is 8.19. The molecule has 14 heavy (non-hydrogen) atoms. The summed E-state index contributed by atoms with van der Waals surface area (Å²) in [6.45, 7) is 1.80. The molecule has 2 rings (SSSR count). The Hall–Kier alpha value is -0.570. The molecule has 0 saturated heterocycles. The quantitative estimate of drug-likeness (QED) is 0.660. The van der Waals surface area contributed by atoms with Gasteiger partial charge in [0.2, 0.25) is 0 Å². The molecule has 1 aromatic heterocycles. The maximum absolute atomic E-state index is 6.06. The molecule has 1 aromatic carbocycles. The minimum atomic E-state index is 0.400. The van der Waals surface area contributed by atoms with Crippen molar-refractivity contribution in [1.82, 2.24) is 9.97 Å². The van der Waals surface area contributed by atoms with Crippen LogP contribution in [0, 0.1) is 6.92 Å². The summed E-state index contributed by atoms with van der Waals surface area (Å²) in [5.74, 6) is 0. The molecule has 72 valence electrons. The van der Waals surface area contributed by atoms with Crippen LogP contribution in [-0.4, -0.2) is 9.97 Å². The summed E-state index contributed by atoms with van der Waals surface area (Å²) in [6.07, 6.45) is 3.12. The fourth-order valence-corrected chi connectivity index (χ4v) is 1.95. The van der Waals surface area contributed by atoms with Crippen molar-refractivity contribution in [2.24, 2.45) is 0 Å². The Bertz CT molecular complexity index is 464. The summed E-state index contributed by atoms with van der Waals surface area (Å²) in [7, 11) is 0. The van der Waals surface area contributed by atoms with Gasteiger partial charge in [0.1, 0.15) is 11.0 Å². The van der Waals surface area contributed by atoms with E-state index in [0.29, 0.717) is 26.1 Å². The molecular weight excluding hydrogens is 242 g/mol. The Kier molecular flexibility index (Phi) is 2.52. The number of aromatic nitrogens is 2. The normalized spacial score (nSPS) is 10.9. The summed E-state index contributed by atoms with van der Waals surface area (Å²) < 4.78 is 0. The molecule has 2 aromatic rings. The highest BCUT2D eigenvalue weighted by molar-refractivity contribution is 6.48. The van der Waals surface area contributed by atoms with Gasteiger partial charge >= 0.3 is 0 Å². The Labute approximate surface area is 95.8 Å². The third-order valence-electron chi connectivity index (χ3n) is 1.97. The SMILES string of the molecule is Cc1c(Cl)c(Cl)c2nccnc2c1Cl. The molecule has 0 saturated carbocycles. The summed E-state index contributed by atoms with van der Waals surface area (Å²) >= 11 is 18.0. The van der Waals surface area contributed by atoms with E-state index < -0.39 is 0 Å². The van der Waals surface area contributed by atoms with Crippen LogP contribution in [0.5, 0.6) is 0 Å². The monoisotopic (exact) mass is 246 g/mol. The molecule has 2 nitrogen and oxygen atoms in total. The van der Waals surface area contributed by atoms with Crippen molar-refractivity contribution in [1.29, 1.82) is 0 Å². The third kappa shape index (κ3) is 1.34. The number of benzene rings is 1. The van der Waals surface area contributed by atoms with Gasteiger partial charge in [-0.2, -0.15) is 0 Å². The maximum Gasteiger partial charge on any atom is 0.110 e. The second-order valence-electron chi connectivity index (χ2n) is 2.82. The van der Waals surface area contributed by atoms with E-state index in [1.807, 2.05) is 0 Å². The fraction of sp³-hybridized carbons (Fsp3) is 0.111. The summed E-state index contributed by atoms with van der Waals surface area (Å²) in [6, 6.07) is 0. The Morgan fingerprint density at radius 3 is 1.93 bits per heavy atom. The molecular formula is C9H5Cl3N2. The molecule has 5 heteroatoms. The van der Waals surface area contributed by atoms with Crippen LogP contribution in [0.1, 0.15) is 5.56 Å². The average molecular weight is 248 g/mol. The van der Waals surface area contributed by atoms with Crippen molar-refractivity contribution >= 4 is 45.8 Å². The molecule has 0 unspecified atom stereocenters. The molecule has 0 radical (unpaired) electrons. The van der Waals surface area contributed by atoms with E-state index >= 15 is 0 Å². The average Bonchev–Trinajstić information content (AvgIpc) is 2.23. The Balaban J connectivity index is 3.02. The van der Waals surface area contributed by atoms with Gasteiger partial charge in [-0.3, -0.25) is 9.97 Å². The molecule has 0 bridgehead atoms. The zero-order valence-electron chi connectivity index (χ0n) is 7.18. The zero-order valence-corrected chi connectivity index (χ0v) is 9.45. The minimum absolute atomic E-state index is 0.400. The van der Waals surface area contributed by atoms with E-state index in [-0.39, 0.29) is 0 Å². The van der Waals surface area contributed by atoms with Gasteiger partial charge in [0.25, 0.3) is 0 Å².